The number of rotatable bonds is 6. The van der Waals surface area contributed by atoms with Gasteiger partial charge in [0, 0.05) is 13.0 Å². The van der Waals surface area contributed by atoms with Crippen molar-refractivity contribution in [1.82, 2.24) is 0 Å². The molecule has 1 aromatic rings. The third-order valence-corrected chi connectivity index (χ3v) is 2.82. The standard InChI is InChI=1S/C12H18O3/c1-2-14-12(9-5-6-9)11(13)8-10-4-3-7-15-10/h3-4,7,9,11-13H,2,5-6,8H2,1H3. The van der Waals surface area contributed by atoms with Crippen LogP contribution in [-0.2, 0) is 11.2 Å². The van der Waals surface area contributed by atoms with Gasteiger partial charge in [-0.3, -0.25) is 0 Å². The first kappa shape index (κ1) is 10.7. The Balaban J connectivity index is 1.89. The van der Waals surface area contributed by atoms with Gasteiger partial charge in [0.1, 0.15) is 5.76 Å². The second kappa shape index (κ2) is 4.81. The van der Waals surface area contributed by atoms with E-state index < -0.39 is 6.10 Å². The third-order valence-electron chi connectivity index (χ3n) is 2.82. The van der Waals surface area contributed by atoms with Crippen LogP contribution in [0.2, 0.25) is 0 Å². The summed E-state index contributed by atoms with van der Waals surface area (Å²) in [5, 5.41) is 10.0. The highest BCUT2D eigenvalue weighted by Gasteiger charge is 2.36. The minimum atomic E-state index is -0.441. The number of aliphatic hydroxyl groups excluding tert-OH is 1. The van der Waals surface area contributed by atoms with E-state index in [1.54, 1.807) is 6.26 Å². The van der Waals surface area contributed by atoms with Crippen LogP contribution in [-0.4, -0.2) is 23.9 Å². The number of ether oxygens (including phenoxy) is 1. The minimum absolute atomic E-state index is 0.0138. The lowest BCUT2D eigenvalue weighted by molar-refractivity contribution is -0.0456. The normalized spacial score (nSPS) is 20.1. The van der Waals surface area contributed by atoms with Crippen LogP contribution in [0.25, 0.3) is 0 Å². The molecule has 1 aliphatic carbocycles. The van der Waals surface area contributed by atoms with Crippen molar-refractivity contribution in [3.63, 3.8) is 0 Å². The molecule has 0 spiro atoms. The summed E-state index contributed by atoms with van der Waals surface area (Å²) in [6.45, 7) is 2.63. The van der Waals surface area contributed by atoms with Gasteiger partial charge >= 0.3 is 0 Å². The molecule has 0 radical (unpaired) electrons. The summed E-state index contributed by atoms with van der Waals surface area (Å²) in [4.78, 5) is 0. The van der Waals surface area contributed by atoms with Gasteiger partial charge in [-0.25, -0.2) is 0 Å². The first-order chi connectivity index (χ1) is 7.31. The van der Waals surface area contributed by atoms with E-state index in [1.807, 2.05) is 19.1 Å². The molecular formula is C12H18O3. The quantitative estimate of drug-likeness (QED) is 0.781. The van der Waals surface area contributed by atoms with Crippen LogP contribution in [0.5, 0.6) is 0 Å². The fourth-order valence-corrected chi connectivity index (χ4v) is 1.93. The number of aliphatic hydroxyl groups is 1. The molecule has 3 nitrogen and oxygen atoms in total. The lowest BCUT2D eigenvalue weighted by Gasteiger charge is -2.21. The topological polar surface area (TPSA) is 42.6 Å². The summed E-state index contributed by atoms with van der Waals surface area (Å²) >= 11 is 0. The molecular weight excluding hydrogens is 192 g/mol. The molecule has 2 atom stereocenters. The molecule has 0 bridgehead atoms. The average molecular weight is 210 g/mol. The fraction of sp³-hybridized carbons (Fsp3) is 0.667. The van der Waals surface area contributed by atoms with Gasteiger partial charge < -0.3 is 14.3 Å². The Bertz CT molecular complexity index is 277. The average Bonchev–Trinajstić information content (AvgIpc) is 2.93. The van der Waals surface area contributed by atoms with Gasteiger partial charge in [-0.2, -0.15) is 0 Å². The van der Waals surface area contributed by atoms with E-state index in [2.05, 4.69) is 0 Å². The van der Waals surface area contributed by atoms with Crippen LogP contribution in [0, 0.1) is 5.92 Å². The van der Waals surface area contributed by atoms with Gasteiger partial charge in [-0.1, -0.05) is 0 Å². The molecule has 1 fully saturated rings. The highest BCUT2D eigenvalue weighted by molar-refractivity contribution is 5.01. The van der Waals surface area contributed by atoms with Crippen LogP contribution in [0.15, 0.2) is 22.8 Å². The smallest absolute Gasteiger partial charge is 0.106 e. The monoisotopic (exact) mass is 210 g/mol. The van der Waals surface area contributed by atoms with Crippen molar-refractivity contribution in [1.29, 1.82) is 0 Å². The first-order valence-electron chi connectivity index (χ1n) is 5.63. The summed E-state index contributed by atoms with van der Waals surface area (Å²) in [6.07, 6.45) is 4.09. The molecule has 0 aliphatic heterocycles. The molecule has 1 aromatic heterocycles. The Morgan fingerprint density at radius 3 is 2.93 bits per heavy atom. The van der Waals surface area contributed by atoms with Crippen molar-refractivity contribution >= 4 is 0 Å². The van der Waals surface area contributed by atoms with Gasteiger partial charge in [0.15, 0.2) is 0 Å². The molecule has 3 heteroatoms. The molecule has 1 heterocycles. The molecule has 0 amide bonds. The Labute approximate surface area is 90.0 Å². The van der Waals surface area contributed by atoms with Gasteiger partial charge in [0.25, 0.3) is 0 Å². The Hall–Kier alpha value is -0.800. The Kier molecular flexibility index (Phi) is 3.44. The maximum atomic E-state index is 10.0. The lowest BCUT2D eigenvalue weighted by atomic mass is 10.0. The molecule has 15 heavy (non-hydrogen) atoms. The summed E-state index contributed by atoms with van der Waals surface area (Å²) in [5.41, 5.74) is 0. The van der Waals surface area contributed by atoms with Crippen molar-refractivity contribution in [3.8, 4) is 0 Å². The van der Waals surface area contributed by atoms with Crippen molar-refractivity contribution in [3.05, 3.63) is 24.2 Å². The largest absolute Gasteiger partial charge is 0.469 e. The summed E-state index contributed by atoms with van der Waals surface area (Å²) in [5.74, 6) is 1.38. The number of hydrogen-bond acceptors (Lipinski definition) is 3. The molecule has 0 saturated heterocycles. The van der Waals surface area contributed by atoms with E-state index in [0.717, 1.165) is 5.76 Å². The summed E-state index contributed by atoms with van der Waals surface area (Å²) < 4.78 is 10.8. The van der Waals surface area contributed by atoms with Crippen molar-refractivity contribution in [2.75, 3.05) is 6.61 Å². The van der Waals surface area contributed by atoms with Gasteiger partial charge in [-0.05, 0) is 37.8 Å². The van der Waals surface area contributed by atoms with Crippen molar-refractivity contribution in [2.24, 2.45) is 5.92 Å². The number of furan rings is 1. The van der Waals surface area contributed by atoms with E-state index in [4.69, 9.17) is 9.15 Å². The van der Waals surface area contributed by atoms with E-state index in [9.17, 15) is 5.11 Å². The van der Waals surface area contributed by atoms with Crippen molar-refractivity contribution in [2.45, 2.75) is 38.4 Å². The fourth-order valence-electron chi connectivity index (χ4n) is 1.93. The predicted molar refractivity (Wildman–Crippen MR) is 56.6 cm³/mol. The lowest BCUT2D eigenvalue weighted by Crippen LogP contribution is -2.32. The zero-order valence-corrected chi connectivity index (χ0v) is 9.06. The SMILES string of the molecule is CCOC(C(O)Cc1ccco1)C1CC1. The first-order valence-corrected chi connectivity index (χ1v) is 5.63. The second-order valence-electron chi connectivity index (χ2n) is 4.11. The van der Waals surface area contributed by atoms with Crippen LogP contribution in [0.4, 0.5) is 0 Å². The molecule has 1 N–H and O–H groups in total. The van der Waals surface area contributed by atoms with Gasteiger partial charge in [-0.15, -0.1) is 0 Å². The van der Waals surface area contributed by atoms with Crippen LogP contribution < -0.4 is 0 Å². The summed E-state index contributed by atoms with van der Waals surface area (Å²) in [6, 6.07) is 3.73. The van der Waals surface area contributed by atoms with Gasteiger partial charge in [0.05, 0.1) is 18.5 Å². The maximum absolute atomic E-state index is 10.0. The summed E-state index contributed by atoms with van der Waals surface area (Å²) in [7, 11) is 0. The molecule has 0 aromatic carbocycles. The molecule has 84 valence electrons. The highest BCUT2D eigenvalue weighted by Crippen LogP contribution is 2.36. The minimum Gasteiger partial charge on any atom is -0.469 e. The van der Waals surface area contributed by atoms with Crippen molar-refractivity contribution < 1.29 is 14.3 Å². The van der Waals surface area contributed by atoms with Crippen LogP contribution >= 0.6 is 0 Å². The van der Waals surface area contributed by atoms with E-state index >= 15 is 0 Å². The zero-order valence-electron chi connectivity index (χ0n) is 9.06. The maximum Gasteiger partial charge on any atom is 0.106 e. The Morgan fingerprint density at radius 1 is 1.60 bits per heavy atom. The molecule has 1 saturated carbocycles. The van der Waals surface area contributed by atoms with E-state index in [0.29, 0.717) is 18.9 Å². The highest BCUT2D eigenvalue weighted by atomic mass is 16.5. The van der Waals surface area contributed by atoms with E-state index in [1.165, 1.54) is 12.8 Å². The molecule has 2 rings (SSSR count). The number of hydrogen-bond donors (Lipinski definition) is 1. The second-order valence-corrected chi connectivity index (χ2v) is 4.11. The van der Waals surface area contributed by atoms with Crippen LogP contribution in [0.3, 0.4) is 0 Å². The van der Waals surface area contributed by atoms with Crippen LogP contribution in [0.1, 0.15) is 25.5 Å². The predicted octanol–water partition coefficient (Wildman–Crippen LogP) is 2.00. The Morgan fingerprint density at radius 2 is 2.40 bits per heavy atom. The van der Waals surface area contributed by atoms with E-state index in [-0.39, 0.29) is 6.10 Å². The molecule has 2 unspecified atom stereocenters. The zero-order chi connectivity index (χ0) is 10.7. The molecule has 1 aliphatic rings. The third kappa shape index (κ3) is 2.83. The van der Waals surface area contributed by atoms with Gasteiger partial charge in [0.2, 0.25) is 0 Å².